The second-order valence-corrected chi connectivity index (χ2v) is 6.79. The van der Waals surface area contributed by atoms with Gasteiger partial charge in [-0.05, 0) is 43.9 Å². The lowest BCUT2D eigenvalue weighted by molar-refractivity contribution is -0.122. The average Bonchev–Trinajstić information content (AvgIpc) is 3.07. The molecule has 2 N–H and O–H groups in total. The first-order valence-electron chi connectivity index (χ1n) is 9.16. The van der Waals surface area contributed by atoms with E-state index in [1.54, 1.807) is 13.2 Å². The Morgan fingerprint density at radius 2 is 1.96 bits per heavy atom. The molecule has 1 aromatic carbocycles. The van der Waals surface area contributed by atoms with Crippen LogP contribution >= 0.6 is 0 Å². The molecule has 1 saturated carbocycles. The quantitative estimate of drug-likeness (QED) is 0.745. The summed E-state index contributed by atoms with van der Waals surface area (Å²) in [4.78, 5) is 27.1. The lowest BCUT2D eigenvalue weighted by Crippen LogP contribution is -2.30. The zero-order chi connectivity index (χ0) is 17.6. The largest absolute Gasteiger partial charge is 0.383 e. The smallest absolute Gasteiger partial charge is 0.253 e. The lowest BCUT2D eigenvalue weighted by atomic mass is 9.85. The van der Waals surface area contributed by atoms with Gasteiger partial charge in [0.1, 0.15) is 0 Å². The molecule has 1 aliphatic heterocycles. The molecule has 0 aromatic heterocycles. The Labute approximate surface area is 148 Å². The highest BCUT2D eigenvalue weighted by Crippen LogP contribution is 2.30. The van der Waals surface area contributed by atoms with Crippen molar-refractivity contribution in [3.05, 3.63) is 23.8 Å². The van der Waals surface area contributed by atoms with Gasteiger partial charge in [-0.3, -0.25) is 9.59 Å². The molecular weight excluding hydrogens is 318 g/mol. The molecule has 2 amide bonds. The molecular formula is C19H27N3O3. The fourth-order valence-electron chi connectivity index (χ4n) is 3.31. The Morgan fingerprint density at radius 3 is 2.60 bits per heavy atom. The minimum absolute atomic E-state index is 0.0610. The summed E-state index contributed by atoms with van der Waals surface area (Å²) < 4.78 is 5.00. The summed E-state index contributed by atoms with van der Waals surface area (Å²) in [6, 6.07) is 5.65. The standard InChI is InChI=1S/C19H27N3O3/c1-25-12-9-20-19(24)16-13-15(21-18(23)14-5-4-6-14)7-8-17(16)22-10-2-3-11-22/h7-8,13-14H,2-6,9-12H2,1H3,(H,20,24)(H,21,23). The van der Waals surface area contributed by atoms with Gasteiger partial charge in [0.2, 0.25) is 5.91 Å². The van der Waals surface area contributed by atoms with Crippen molar-refractivity contribution >= 4 is 23.2 Å². The number of methoxy groups -OCH3 is 1. The Kier molecular flexibility index (Phi) is 5.91. The molecule has 1 heterocycles. The number of nitrogens with zero attached hydrogens (tertiary/aromatic N) is 1. The van der Waals surface area contributed by atoms with E-state index in [4.69, 9.17) is 4.74 Å². The number of nitrogens with one attached hydrogen (secondary N) is 2. The molecule has 6 nitrogen and oxygen atoms in total. The van der Waals surface area contributed by atoms with Gasteiger partial charge < -0.3 is 20.3 Å². The van der Waals surface area contributed by atoms with Gasteiger partial charge in [-0.1, -0.05) is 6.42 Å². The summed E-state index contributed by atoms with van der Waals surface area (Å²) in [6.45, 7) is 2.87. The van der Waals surface area contributed by atoms with Gasteiger partial charge in [0.05, 0.1) is 12.2 Å². The predicted molar refractivity (Wildman–Crippen MR) is 98.1 cm³/mol. The summed E-state index contributed by atoms with van der Waals surface area (Å²) in [5, 5.41) is 5.85. The molecule has 1 aliphatic carbocycles. The number of carbonyl (C=O) groups excluding carboxylic acids is 2. The molecule has 0 bridgehead atoms. The van der Waals surface area contributed by atoms with Crippen LogP contribution in [0.2, 0.25) is 0 Å². The number of amides is 2. The van der Waals surface area contributed by atoms with E-state index in [1.807, 2.05) is 12.1 Å². The van der Waals surface area contributed by atoms with Gasteiger partial charge in [-0.2, -0.15) is 0 Å². The number of anilines is 2. The minimum atomic E-state index is -0.126. The maximum Gasteiger partial charge on any atom is 0.253 e. The number of ether oxygens (including phenoxy) is 1. The van der Waals surface area contributed by atoms with Crippen LogP contribution in [-0.4, -0.2) is 45.2 Å². The Hall–Kier alpha value is -2.08. The van der Waals surface area contributed by atoms with Crippen molar-refractivity contribution in [2.45, 2.75) is 32.1 Å². The van der Waals surface area contributed by atoms with Gasteiger partial charge in [0, 0.05) is 44.0 Å². The normalized spacial score (nSPS) is 17.2. The van der Waals surface area contributed by atoms with Crippen LogP contribution in [0, 0.1) is 5.92 Å². The summed E-state index contributed by atoms with van der Waals surface area (Å²) in [5.41, 5.74) is 2.25. The second-order valence-electron chi connectivity index (χ2n) is 6.79. The first kappa shape index (κ1) is 17.7. The van der Waals surface area contributed by atoms with Crippen molar-refractivity contribution in [1.29, 1.82) is 0 Å². The van der Waals surface area contributed by atoms with Crippen LogP contribution in [-0.2, 0) is 9.53 Å². The first-order valence-corrected chi connectivity index (χ1v) is 9.16. The summed E-state index contributed by atoms with van der Waals surface area (Å²) in [7, 11) is 1.61. The predicted octanol–water partition coefficient (Wildman–Crippen LogP) is 2.40. The van der Waals surface area contributed by atoms with Crippen LogP contribution in [0.25, 0.3) is 0 Å². The van der Waals surface area contributed by atoms with Crippen LogP contribution in [0.5, 0.6) is 0 Å². The van der Waals surface area contributed by atoms with E-state index in [2.05, 4.69) is 15.5 Å². The third kappa shape index (κ3) is 4.31. The van der Waals surface area contributed by atoms with Crippen molar-refractivity contribution < 1.29 is 14.3 Å². The fourth-order valence-corrected chi connectivity index (χ4v) is 3.31. The molecule has 0 spiro atoms. The summed E-state index contributed by atoms with van der Waals surface area (Å²) in [5.74, 6) is 0.0573. The zero-order valence-electron chi connectivity index (χ0n) is 14.8. The number of carbonyl (C=O) groups is 2. The number of hydrogen-bond acceptors (Lipinski definition) is 4. The first-order chi connectivity index (χ1) is 12.2. The molecule has 2 aliphatic rings. The lowest BCUT2D eigenvalue weighted by Gasteiger charge is -2.25. The van der Waals surface area contributed by atoms with Gasteiger partial charge in [0.15, 0.2) is 0 Å². The van der Waals surface area contributed by atoms with Crippen LogP contribution in [0.1, 0.15) is 42.5 Å². The fraction of sp³-hybridized carbons (Fsp3) is 0.579. The highest BCUT2D eigenvalue weighted by atomic mass is 16.5. The van der Waals surface area contributed by atoms with Crippen LogP contribution < -0.4 is 15.5 Å². The van der Waals surface area contributed by atoms with Crippen molar-refractivity contribution in [1.82, 2.24) is 5.32 Å². The maximum atomic E-state index is 12.6. The Bertz CT molecular complexity index is 622. The summed E-state index contributed by atoms with van der Waals surface area (Å²) >= 11 is 0. The molecule has 0 atom stereocenters. The molecule has 6 heteroatoms. The van der Waals surface area contributed by atoms with Crippen LogP contribution in [0.3, 0.4) is 0 Å². The highest BCUT2D eigenvalue weighted by molar-refractivity contribution is 6.02. The third-order valence-corrected chi connectivity index (χ3v) is 5.02. The molecule has 1 saturated heterocycles. The van der Waals surface area contributed by atoms with E-state index in [1.165, 1.54) is 0 Å². The number of hydrogen-bond donors (Lipinski definition) is 2. The topological polar surface area (TPSA) is 70.7 Å². The van der Waals surface area contributed by atoms with E-state index in [9.17, 15) is 9.59 Å². The molecule has 1 aromatic rings. The van der Waals surface area contributed by atoms with E-state index in [0.717, 1.165) is 50.9 Å². The van der Waals surface area contributed by atoms with Gasteiger partial charge in [-0.25, -0.2) is 0 Å². The third-order valence-electron chi connectivity index (χ3n) is 5.02. The van der Waals surface area contributed by atoms with E-state index >= 15 is 0 Å². The molecule has 0 radical (unpaired) electrons. The maximum absolute atomic E-state index is 12.6. The van der Waals surface area contributed by atoms with Gasteiger partial charge in [0.25, 0.3) is 5.91 Å². The molecule has 136 valence electrons. The van der Waals surface area contributed by atoms with Crippen molar-refractivity contribution in [3.8, 4) is 0 Å². The van der Waals surface area contributed by atoms with Crippen molar-refractivity contribution in [2.24, 2.45) is 5.92 Å². The second kappa shape index (κ2) is 8.34. The Balaban J connectivity index is 1.77. The van der Waals surface area contributed by atoms with Gasteiger partial charge >= 0.3 is 0 Å². The molecule has 0 unspecified atom stereocenters. The monoisotopic (exact) mass is 345 g/mol. The van der Waals surface area contributed by atoms with Crippen molar-refractivity contribution in [2.75, 3.05) is 43.6 Å². The minimum Gasteiger partial charge on any atom is -0.383 e. The van der Waals surface area contributed by atoms with Gasteiger partial charge in [-0.15, -0.1) is 0 Å². The molecule has 3 rings (SSSR count). The zero-order valence-corrected chi connectivity index (χ0v) is 14.8. The van der Waals surface area contributed by atoms with Crippen molar-refractivity contribution in [3.63, 3.8) is 0 Å². The Morgan fingerprint density at radius 1 is 1.20 bits per heavy atom. The SMILES string of the molecule is COCCNC(=O)c1cc(NC(=O)C2CCC2)ccc1N1CCCC1. The van der Waals surface area contributed by atoms with E-state index in [-0.39, 0.29) is 17.7 Å². The summed E-state index contributed by atoms with van der Waals surface area (Å²) in [6.07, 6.45) is 5.33. The van der Waals surface area contributed by atoms with Crippen LogP contribution in [0.15, 0.2) is 18.2 Å². The van der Waals surface area contributed by atoms with Crippen LogP contribution in [0.4, 0.5) is 11.4 Å². The van der Waals surface area contributed by atoms with E-state index < -0.39 is 0 Å². The molecule has 2 fully saturated rings. The van der Waals surface area contributed by atoms with E-state index in [0.29, 0.717) is 24.4 Å². The average molecular weight is 345 g/mol. The number of benzene rings is 1. The molecule has 25 heavy (non-hydrogen) atoms. The number of rotatable bonds is 7. The highest BCUT2D eigenvalue weighted by Gasteiger charge is 2.26.